The van der Waals surface area contributed by atoms with Crippen LogP contribution in [0.15, 0.2) is 78.5 Å². The zero-order valence-electron chi connectivity index (χ0n) is 18.5. The van der Waals surface area contributed by atoms with Crippen LogP contribution >= 0.6 is 0 Å². The van der Waals surface area contributed by atoms with Crippen LogP contribution in [0.2, 0.25) is 0 Å². The van der Waals surface area contributed by atoms with Crippen molar-refractivity contribution in [2.24, 2.45) is 0 Å². The quantitative estimate of drug-likeness (QED) is 0.382. The molecule has 0 saturated carbocycles. The number of benzene rings is 2. The molecule has 0 bridgehead atoms. The van der Waals surface area contributed by atoms with E-state index in [1.807, 2.05) is 35.0 Å². The highest BCUT2D eigenvalue weighted by Gasteiger charge is 2.21. The Morgan fingerprint density at radius 2 is 1.79 bits per heavy atom. The van der Waals surface area contributed by atoms with Gasteiger partial charge in [-0.2, -0.15) is 0 Å². The summed E-state index contributed by atoms with van der Waals surface area (Å²) in [5.41, 5.74) is 5.54. The summed E-state index contributed by atoms with van der Waals surface area (Å²) in [6, 6.07) is 18.5. The van der Waals surface area contributed by atoms with E-state index in [0.29, 0.717) is 5.95 Å². The van der Waals surface area contributed by atoms with Gasteiger partial charge < -0.3 is 5.32 Å². The number of hydrogen-bond donors (Lipinski definition) is 1. The van der Waals surface area contributed by atoms with E-state index in [1.165, 1.54) is 17.7 Å². The number of anilines is 1. The third-order valence-electron chi connectivity index (χ3n) is 5.67. The Balaban J connectivity index is 1.60. The molecule has 3 heterocycles. The summed E-state index contributed by atoms with van der Waals surface area (Å²) in [6.45, 7) is 4.17. The molecule has 1 aliphatic rings. The Kier molecular flexibility index (Phi) is 5.57. The lowest BCUT2D eigenvalue weighted by Gasteiger charge is -2.15. The zero-order chi connectivity index (χ0) is 22.8. The Morgan fingerprint density at radius 1 is 1.00 bits per heavy atom. The maximum absolute atomic E-state index is 13.6. The number of aromatic nitrogens is 4. The van der Waals surface area contributed by atoms with Gasteiger partial charge in [0.15, 0.2) is 0 Å². The summed E-state index contributed by atoms with van der Waals surface area (Å²) in [5.74, 6) is 1.08. The molecule has 0 unspecified atom stereocenters. The number of fused-ring (bicyclic) bond motifs is 1. The molecule has 2 aromatic heterocycles. The second-order valence-electron chi connectivity index (χ2n) is 8.17. The van der Waals surface area contributed by atoms with Gasteiger partial charge in [0.05, 0.1) is 23.1 Å². The number of hydrogen-bond acceptors (Lipinski definition) is 4. The van der Waals surface area contributed by atoms with Crippen molar-refractivity contribution in [2.45, 2.75) is 26.3 Å². The van der Waals surface area contributed by atoms with Gasteiger partial charge in [0.2, 0.25) is 5.95 Å². The number of allylic oxidation sites excluding steroid dienone is 2. The second-order valence-corrected chi connectivity index (χ2v) is 8.17. The molecule has 5 rings (SSSR count). The van der Waals surface area contributed by atoms with Gasteiger partial charge in [0.1, 0.15) is 11.6 Å². The molecule has 164 valence electrons. The lowest BCUT2D eigenvalue weighted by atomic mass is 10.1. The van der Waals surface area contributed by atoms with E-state index in [2.05, 4.69) is 48.4 Å². The third kappa shape index (κ3) is 4.32. The molecule has 6 heteroatoms. The standard InChI is InChI=1S/C27H24FN5/c1-18-7-6-16-33-24(17-18)32-25(21-10-12-22(28)13-11-21)26(33)23-14-15-29-27(31-23)30-19(2)20-8-4-3-5-9-20/h3-6,8-17,19H,7H2,1-2H3,(H,29,30,31)/t19-/m0/s1. The molecular weight excluding hydrogens is 413 g/mol. The fourth-order valence-electron chi connectivity index (χ4n) is 3.96. The molecule has 1 atom stereocenters. The van der Waals surface area contributed by atoms with E-state index < -0.39 is 0 Å². The van der Waals surface area contributed by atoms with Crippen molar-refractivity contribution in [1.29, 1.82) is 0 Å². The van der Waals surface area contributed by atoms with E-state index in [1.54, 1.807) is 18.3 Å². The first kappa shape index (κ1) is 20.8. The minimum absolute atomic E-state index is 0.0473. The van der Waals surface area contributed by atoms with Crippen LogP contribution in [0.5, 0.6) is 0 Å². The van der Waals surface area contributed by atoms with Gasteiger partial charge in [0.25, 0.3) is 0 Å². The summed E-state index contributed by atoms with van der Waals surface area (Å²) in [4.78, 5) is 14.2. The van der Waals surface area contributed by atoms with Gasteiger partial charge in [0, 0.05) is 18.0 Å². The van der Waals surface area contributed by atoms with E-state index in [4.69, 9.17) is 9.97 Å². The molecule has 0 saturated heterocycles. The lowest BCUT2D eigenvalue weighted by molar-refractivity contribution is 0.628. The molecule has 0 spiro atoms. The molecule has 0 radical (unpaired) electrons. The van der Waals surface area contributed by atoms with Crippen molar-refractivity contribution in [3.8, 4) is 22.6 Å². The van der Waals surface area contributed by atoms with Crippen LogP contribution in [0.4, 0.5) is 10.3 Å². The molecule has 0 fully saturated rings. The summed E-state index contributed by atoms with van der Waals surface area (Å²) in [7, 11) is 0. The number of nitrogens with zero attached hydrogens (tertiary/aromatic N) is 4. The van der Waals surface area contributed by atoms with E-state index in [9.17, 15) is 4.39 Å². The molecule has 0 amide bonds. The van der Waals surface area contributed by atoms with Crippen LogP contribution < -0.4 is 5.32 Å². The summed E-state index contributed by atoms with van der Waals surface area (Å²) < 4.78 is 15.6. The minimum Gasteiger partial charge on any atom is -0.348 e. The average Bonchev–Trinajstić information content (AvgIpc) is 3.07. The van der Waals surface area contributed by atoms with Crippen molar-refractivity contribution >= 4 is 18.2 Å². The van der Waals surface area contributed by atoms with Gasteiger partial charge in [-0.15, -0.1) is 0 Å². The van der Waals surface area contributed by atoms with Gasteiger partial charge >= 0.3 is 0 Å². The van der Waals surface area contributed by atoms with E-state index in [0.717, 1.165) is 40.5 Å². The minimum atomic E-state index is -0.278. The number of halogens is 1. The molecule has 1 N–H and O–H groups in total. The van der Waals surface area contributed by atoms with Crippen LogP contribution in [-0.4, -0.2) is 19.5 Å². The molecular formula is C27H24FN5. The van der Waals surface area contributed by atoms with Gasteiger partial charge in [-0.25, -0.2) is 19.3 Å². The highest BCUT2D eigenvalue weighted by atomic mass is 19.1. The topological polar surface area (TPSA) is 55.6 Å². The SMILES string of the molecule is CC1=Cc2nc(-c3ccc(F)cc3)c(-c3ccnc(N[C@@H](C)c4ccccc4)n3)n2C=CC1. The fourth-order valence-corrected chi connectivity index (χ4v) is 3.96. The molecule has 5 nitrogen and oxygen atoms in total. The van der Waals surface area contributed by atoms with Crippen molar-refractivity contribution in [3.05, 3.63) is 95.7 Å². The van der Waals surface area contributed by atoms with Crippen LogP contribution in [0.25, 0.3) is 34.9 Å². The van der Waals surface area contributed by atoms with Crippen molar-refractivity contribution in [2.75, 3.05) is 5.32 Å². The summed E-state index contributed by atoms with van der Waals surface area (Å²) in [5, 5.41) is 3.40. The smallest absolute Gasteiger partial charge is 0.223 e. The molecule has 0 aliphatic carbocycles. The Morgan fingerprint density at radius 3 is 2.58 bits per heavy atom. The summed E-state index contributed by atoms with van der Waals surface area (Å²) >= 11 is 0. The number of nitrogens with one attached hydrogen (secondary N) is 1. The first-order chi connectivity index (χ1) is 16.1. The highest BCUT2D eigenvalue weighted by molar-refractivity contribution is 5.81. The third-order valence-corrected chi connectivity index (χ3v) is 5.67. The monoisotopic (exact) mass is 437 g/mol. The predicted molar refractivity (Wildman–Crippen MR) is 131 cm³/mol. The van der Waals surface area contributed by atoms with Crippen molar-refractivity contribution in [3.63, 3.8) is 0 Å². The highest BCUT2D eigenvalue weighted by Crippen LogP contribution is 2.34. The molecule has 33 heavy (non-hydrogen) atoms. The van der Waals surface area contributed by atoms with Crippen LogP contribution in [-0.2, 0) is 0 Å². The maximum atomic E-state index is 13.6. The van der Waals surface area contributed by atoms with E-state index in [-0.39, 0.29) is 11.9 Å². The molecule has 2 aromatic carbocycles. The Hall–Kier alpha value is -4.06. The Bertz CT molecular complexity index is 1340. The van der Waals surface area contributed by atoms with E-state index >= 15 is 0 Å². The molecule has 4 aromatic rings. The first-order valence-corrected chi connectivity index (χ1v) is 11.0. The van der Waals surface area contributed by atoms with Crippen molar-refractivity contribution < 1.29 is 4.39 Å². The van der Waals surface area contributed by atoms with Crippen LogP contribution in [0.1, 0.15) is 37.7 Å². The lowest BCUT2D eigenvalue weighted by Crippen LogP contribution is -2.09. The zero-order valence-corrected chi connectivity index (χ0v) is 18.5. The molecule has 1 aliphatic heterocycles. The number of imidazole rings is 1. The summed E-state index contributed by atoms with van der Waals surface area (Å²) in [6.07, 6.45) is 8.83. The number of rotatable bonds is 5. The maximum Gasteiger partial charge on any atom is 0.223 e. The predicted octanol–water partition coefficient (Wildman–Crippen LogP) is 6.60. The normalized spacial score (nSPS) is 13.7. The van der Waals surface area contributed by atoms with Crippen LogP contribution in [0.3, 0.4) is 0 Å². The average molecular weight is 438 g/mol. The van der Waals surface area contributed by atoms with Gasteiger partial charge in [-0.05, 0) is 62.2 Å². The van der Waals surface area contributed by atoms with Gasteiger partial charge in [-0.1, -0.05) is 42.0 Å². The largest absolute Gasteiger partial charge is 0.348 e. The van der Waals surface area contributed by atoms with Crippen LogP contribution in [0, 0.1) is 5.82 Å². The van der Waals surface area contributed by atoms with Gasteiger partial charge in [-0.3, -0.25) is 4.57 Å². The van der Waals surface area contributed by atoms with Crippen molar-refractivity contribution in [1.82, 2.24) is 19.5 Å². The Labute approximate surface area is 192 Å². The first-order valence-electron chi connectivity index (χ1n) is 11.0. The fraction of sp³-hybridized carbons (Fsp3) is 0.148. The second kappa shape index (κ2) is 8.82.